The van der Waals surface area contributed by atoms with Crippen molar-refractivity contribution in [1.82, 2.24) is 0 Å². The quantitative estimate of drug-likeness (QED) is 0.726. The summed E-state index contributed by atoms with van der Waals surface area (Å²) in [4.78, 5) is 0. The second-order valence-electron chi connectivity index (χ2n) is 2.53. The summed E-state index contributed by atoms with van der Waals surface area (Å²) in [7, 11) is 0. The summed E-state index contributed by atoms with van der Waals surface area (Å²) in [5.74, 6) is 0. The standard InChI is InChI=1S/C9H10Br2/c1-3-7-4-8(10)5-9(11)6(7)2/h4-5H,3H2,1-2H3. The summed E-state index contributed by atoms with van der Waals surface area (Å²) in [5.41, 5.74) is 2.74. The third kappa shape index (κ3) is 2.06. The Bertz CT molecular complexity index is 267. The van der Waals surface area contributed by atoms with Gasteiger partial charge in [0.15, 0.2) is 0 Å². The molecule has 1 aromatic rings. The van der Waals surface area contributed by atoms with E-state index in [-0.39, 0.29) is 0 Å². The molecule has 0 bridgehead atoms. The zero-order valence-corrected chi connectivity index (χ0v) is 9.79. The van der Waals surface area contributed by atoms with Crippen LogP contribution in [-0.2, 0) is 6.42 Å². The number of benzene rings is 1. The summed E-state index contributed by atoms with van der Waals surface area (Å²) >= 11 is 6.97. The molecule has 0 heterocycles. The summed E-state index contributed by atoms with van der Waals surface area (Å²) in [6.45, 7) is 4.30. The van der Waals surface area contributed by atoms with E-state index in [1.165, 1.54) is 15.6 Å². The molecule has 0 saturated carbocycles. The van der Waals surface area contributed by atoms with Gasteiger partial charge in [-0.2, -0.15) is 0 Å². The molecule has 0 unspecified atom stereocenters. The SMILES string of the molecule is CCc1cc(Br)cc(Br)c1C. The van der Waals surface area contributed by atoms with Crippen molar-refractivity contribution in [3.63, 3.8) is 0 Å². The van der Waals surface area contributed by atoms with E-state index in [1.54, 1.807) is 0 Å². The monoisotopic (exact) mass is 276 g/mol. The Balaban J connectivity index is 3.24. The van der Waals surface area contributed by atoms with Gasteiger partial charge in [0.2, 0.25) is 0 Å². The molecule has 0 aliphatic rings. The second-order valence-corrected chi connectivity index (χ2v) is 4.30. The number of aryl methyl sites for hydroxylation is 1. The van der Waals surface area contributed by atoms with Gasteiger partial charge in [-0.1, -0.05) is 38.8 Å². The highest BCUT2D eigenvalue weighted by Gasteiger charge is 2.01. The Hall–Kier alpha value is 0.180. The lowest BCUT2D eigenvalue weighted by Crippen LogP contribution is -1.87. The minimum Gasteiger partial charge on any atom is -0.0613 e. The molecular weight excluding hydrogens is 268 g/mol. The van der Waals surface area contributed by atoms with Crippen molar-refractivity contribution in [2.45, 2.75) is 20.3 Å². The minimum absolute atomic E-state index is 1.09. The van der Waals surface area contributed by atoms with Gasteiger partial charge < -0.3 is 0 Å². The maximum atomic E-state index is 3.51. The predicted molar refractivity (Wildman–Crippen MR) is 56.0 cm³/mol. The molecule has 0 saturated heterocycles. The predicted octanol–water partition coefficient (Wildman–Crippen LogP) is 4.08. The fourth-order valence-electron chi connectivity index (χ4n) is 1.07. The van der Waals surface area contributed by atoms with Gasteiger partial charge in [-0.3, -0.25) is 0 Å². The van der Waals surface area contributed by atoms with Gasteiger partial charge in [0.25, 0.3) is 0 Å². The van der Waals surface area contributed by atoms with Crippen molar-refractivity contribution < 1.29 is 0 Å². The number of rotatable bonds is 1. The van der Waals surface area contributed by atoms with Crippen LogP contribution in [0.4, 0.5) is 0 Å². The number of halogens is 2. The summed E-state index contributed by atoms with van der Waals surface area (Å²) in [6, 6.07) is 4.24. The van der Waals surface area contributed by atoms with Crippen molar-refractivity contribution in [1.29, 1.82) is 0 Å². The molecule has 0 spiro atoms. The van der Waals surface area contributed by atoms with Gasteiger partial charge in [0, 0.05) is 8.95 Å². The fraction of sp³-hybridized carbons (Fsp3) is 0.333. The van der Waals surface area contributed by atoms with E-state index < -0.39 is 0 Å². The summed E-state index contributed by atoms with van der Waals surface area (Å²) < 4.78 is 2.33. The molecule has 0 aromatic heterocycles. The molecule has 2 heteroatoms. The molecule has 0 atom stereocenters. The molecule has 0 nitrogen and oxygen atoms in total. The summed E-state index contributed by atoms with van der Waals surface area (Å²) in [6.07, 6.45) is 1.09. The maximum Gasteiger partial charge on any atom is 0.0218 e. The van der Waals surface area contributed by atoms with E-state index in [0.717, 1.165) is 10.9 Å². The van der Waals surface area contributed by atoms with Crippen molar-refractivity contribution in [3.8, 4) is 0 Å². The lowest BCUT2D eigenvalue weighted by molar-refractivity contribution is 1.10. The zero-order chi connectivity index (χ0) is 8.43. The second kappa shape index (κ2) is 3.72. The molecule has 0 radical (unpaired) electrons. The van der Waals surface area contributed by atoms with E-state index in [4.69, 9.17) is 0 Å². The maximum absolute atomic E-state index is 3.51. The van der Waals surface area contributed by atoms with Crippen LogP contribution < -0.4 is 0 Å². The molecule has 0 aliphatic carbocycles. The first kappa shape index (κ1) is 9.27. The lowest BCUT2D eigenvalue weighted by Gasteiger charge is -2.05. The largest absolute Gasteiger partial charge is 0.0613 e. The molecule has 0 fully saturated rings. The number of hydrogen-bond acceptors (Lipinski definition) is 0. The van der Waals surface area contributed by atoms with E-state index >= 15 is 0 Å². The van der Waals surface area contributed by atoms with Crippen LogP contribution in [0.15, 0.2) is 21.1 Å². The van der Waals surface area contributed by atoms with E-state index in [2.05, 4.69) is 57.8 Å². The molecule has 11 heavy (non-hydrogen) atoms. The smallest absolute Gasteiger partial charge is 0.0218 e. The average molecular weight is 278 g/mol. The summed E-state index contributed by atoms with van der Waals surface area (Å²) in [5, 5.41) is 0. The van der Waals surface area contributed by atoms with Crippen LogP contribution in [0.2, 0.25) is 0 Å². The van der Waals surface area contributed by atoms with Gasteiger partial charge in [0.1, 0.15) is 0 Å². The highest BCUT2D eigenvalue weighted by Crippen LogP contribution is 2.25. The first-order chi connectivity index (χ1) is 5.15. The van der Waals surface area contributed by atoms with Crippen molar-refractivity contribution in [3.05, 3.63) is 32.2 Å². The van der Waals surface area contributed by atoms with E-state index in [9.17, 15) is 0 Å². The van der Waals surface area contributed by atoms with E-state index in [1.807, 2.05) is 0 Å². The average Bonchev–Trinajstić information content (AvgIpc) is 1.96. The van der Waals surface area contributed by atoms with Crippen molar-refractivity contribution in [2.75, 3.05) is 0 Å². The minimum atomic E-state index is 1.09. The molecule has 0 aliphatic heterocycles. The lowest BCUT2D eigenvalue weighted by atomic mass is 10.1. The Morgan fingerprint density at radius 1 is 1.27 bits per heavy atom. The van der Waals surface area contributed by atoms with Crippen LogP contribution in [0.25, 0.3) is 0 Å². The van der Waals surface area contributed by atoms with Crippen LogP contribution in [0.3, 0.4) is 0 Å². The van der Waals surface area contributed by atoms with Crippen LogP contribution >= 0.6 is 31.9 Å². The Morgan fingerprint density at radius 2 is 1.91 bits per heavy atom. The molecule has 0 amide bonds. The van der Waals surface area contributed by atoms with Gasteiger partial charge in [-0.15, -0.1) is 0 Å². The normalized spacial score (nSPS) is 10.2. The van der Waals surface area contributed by atoms with Crippen molar-refractivity contribution >= 4 is 31.9 Å². The highest BCUT2D eigenvalue weighted by atomic mass is 79.9. The first-order valence-corrected chi connectivity index (χ1v) is 5.18. The molecule has 60 valence electrons. The van der Waals surface area contributed by atoms with Crippen molar-refractivity contribution in [2.24, 2.45) is 0 Å². The third-order valence-electron chi connectivity index (χ3n) is 1.80. The number of hydrogen-bond donors (Lipinski definition) is 0. The van der Waals surface area contributed by atoms with Gasteiger partial charge in [0.05, 0.1) is 0 Å². The fourth-order valence-corrected chi connectivity index (χ4v) is 2.38. The first-order valence-electron chi connectivity index (χ1n) is 3.59. The molecule has 0 N–H and O–H groups in total. The van der Waals surface area contributed by atoms with Crippen LogP contribution in [0, 0.1) is 6.92 Å². The molecule has 1 aromatic carbocycles. The highest BCUT2D eigenvalue weighted by molar-refractivity contribution is 9.11. The van der Waals surface area contributed by atoms with Crippen LogP contribution in [0.1, 0.15) is 18.1 Å². The van der Waals surface area contributed by atoms with Crippen LogP contribution in [0.5, 0.6) is 0 Å². The van der Waals surface area contributed by atoms with Gasteiger partial charge >= 0.3 is 0 Å². The Morgan fingerprint density at radius 3 is 2.45 bits per heavy atom. The topological polar surface area (TPSA) is 0 Å². The Labute approximate surface area is 84.3 Å². The van der Waals surface area contributed by atoms with Gasteiger partial charge in [-0.05, 0) is 36.6 Å². The third-order valence-corrected chi connectivity index (χ3v) is 3.08. The molecule has 1 rings (SSSR count). The van der Waals surface area contributed by atoms with Crippen LogP contribution in [-0.4, -0.2) is 0 Å². The van der Waals surface area contributed by atoms with E-state index in [0.29, 0.717) is 0 Å². The Kier molecular flexibility index (Phi) is 3.14. The van der Waals surface area contributed by atoms with Gasteiger partial charge in [-0.25, -0.2) is 0 Å². The molecular formula is C9H10Br2. The zero-order valence-electron chi connectivity index (χ0n) is 6.62.